The first-order chi connectivity index (χ1) is 12.3. The van der Waals surface area contributed by atoms with Crippen LogP contribution in [0.1, 0.15) is 27.2 Å². The summed E-state index contributed by atoms with van der Waals surface area (Å²) in [6.07, 6.45) is 1.56. The number of carbonyl (C=O) groups excluding carboxylic acids is 3. The van der Waals surface area contributed by atoms with Crippen LogP contribution >= 0.6 is 15.9 Å². The van der Waals surface area contributed by atoms with E-state index in [4.69, 9.17) is 0 Å². The van der Waals surface area contributed by atoms with Crippen LogP contribution < -0.4 is 10.6 Å². The smallest absolute Gasteiger partial charge is 0.407 e. The van der Waals surface area contributed by atoms with Gasteiger partial charge in [0, 0.05) is 17.2 Å². The number of carbonyl (C=O) groups is 3. The summed E-state index contributed by atoms with van der Waals surface area (Å²) in [4.78, 5) is 42.1. The van der Waals surface area contributed by atoms with E-state index in [1.165, 1.54) is 12.0 Å². The number of anilines is 1. The molecule has 8 nitrogen and oxygen atoms in total. The molecule has 0 fully saturated rings. The van der Waals surface area contributed by atoms with Gasteiger partial charge in [-0.05, 0) is 40.4 Å². The minimum absolute atomic E-state index is 0.128. The van der Waals surface area contributed by atoms with Gasteiger partial charge in [0.1, 0.15) is 11.9 Å². The summed E-state index contributed by atoms with van der Waals surface area (Å²) >= 11 is 3.27. The highest BCUT2D eigenvalue weighted by molar-refractivity contribution is 9.10. The van der Waals surface area contributed by atoms with E-state index in [9.17, 15) is 14.4 Å². The van der Waals surface area contributed by atoms with E-state index in [1.54, 1.807) is 18.3 Å². The van der Waals surface area contributed by atoms with E-state index in [0.717, 1.165) is 4.47 Å². The lowest BCUT2D eigenvalue weighted by molar-refractivity contribution is -0.137. The molecule has 0 saturated carbocycles. The molecule has 0 aliphatic rings. The molecule has 3 amide bonds. The molecule has 0 radical (unpaired) electrons. The number of hydrogen-bond acceptors (Lipinski definition) is 5. The largest absolute Gasteiger partial charge is 0.453 e. The third-order valence-corrected chi connectivity index (χ3v) is 4.00. The number of hydrogen-bond donors (Lipinski definition) is 2. The average Bonchev–Trinajstić information content (AvgIpc) is 2.60. The van der Waals surface area contributed by atoms with Crippen LogP contribution in [0.4, 0.5) is 10.6 Å². The number of nitrogens with one attached hydrogen (secondary N) is 2. The van der Waals surface area contributed by atoms with E-state index in [0.29, 0.717) is 18.8 Å². The predicted octanol–water partition coefficient (Wildman–Crippen LogP) is 2.40. The first-order valence-corrected chi connectivity index (χ1v) is 9.12. The molecule has 144 valence electrons. The number of ether oxygens (including phenoxy) is 1. The normalized spacial score (nSPS) is 11.6. The summed E-state index contributed by atoms with van der Waals surface area (Å²) in [5.74, 6) is -0.444. The van der Waals surface area contributed by atoms with Crippen molar-refractivity contribution in [2.45, 2.75) is 33.2 Å². The number of halogens is 1. The maximum atomic E-state index is 12.8. The van der Waals surface area contributed by atoms with Gasteiger partial charge in [0.2, 0.25) is 11.8 Å². The van der Waals surface area contributed by atoms with Gasteiger partial charge < -0.3 is 20.3 Å². The number of amides is 3. The van der Waals surface area contributed by atoms with Crippen molar-refractivity contribution >= 4 is 39.7 Å². The zero-order valence-electron chi connectivity index (χ0n) is 15.4. The van der Waals surface area contributed by atoms with Gasteiger partial charge in [0.25, 0.3) is 0 Å². The number of alkyl carbamates (subject to hydrolysis) is 1. The quantitative estimate of drug-likeness (QED) is 0.661. The van der Waals surface area contributed by atoms with Gasteiger partial charge in [-0.3, -0.25) is 9.59 Å². The van der Waals surface area contributed by atoms with Gasteiger partial charge in [-0.25, -0.2) is 9.78 Å². The van der Waals surface area contributed by atoms with Gasteiger partial charge in [-0.15, -0.1) is 0 Å². The summed E-state index contributed by atoms with van der Waals surface area (Å²) in [5, 5.41) is 5.19. The van der Waals surface area contributed by atoms with E-state index in [2.05, 4.69) is 36.3 Å². The van der Waals surface area contributed by atoms with Gasteiger partial charge in [0.15, 0.2) is 0 Å². The van der Waals surface area contributed by atoms with Crippen LogP contribution in [-0.4, -0.2) is 54.0 Å². The van der Waals surface area contributed by atoms with Crippen LogP contribution in [0.25, 0.3) is 0 Å². The molecule has 0 aliphatic carbocycles. The van der Waals surface area contributed by atoms with Crippen LogP contribution in [0.3, 0.4) is 0 Å². The van der Waals surface area contributed by atoms with E-state index >= 15 is 0 Å². The standard InChI is InChI=1S/C17H25BrN4O4/c1-5-8-22(16(24)15(11(2)3)21-17(25)26-4)10-14(23)20-13-7-6-12(18)9-19-13/h6-7,9,11,15H,5,8,10H2,1-4H3,(H,21,25)(H,19,20,23)/t15-/m0/s1. The highest BCUT2D eigenvalue weighted by Crippen LogP contribution is 2.11. The average molecular weight is 429 g/mol. The molecule has 2 N–H and O–H groups in total. The Kier molecular flexibility index (Phi) is 9.04. The SMILES string of the molecule is CCCN(CC(=O)Nc1ccc(Br)cn1)C(=O)[C@@H](NC(=O)OC)C(C)C. The Balaban J connectivity index is 2.81. The van der Waals surface area contributed by atoms with Crippen molar-refractivity contribution in [1.82, 2.24) is 15.2 Å². The molecular weight excluding hydrogens is 404 g/mol. The summed E-state index contributed by atoms with van der Waals surface area (Å²) in [6.45, 7) is 5.80. The lowest BCUT2D eigenvalue weighted by Gasteiger charge is -2.28. The molecule has 0 aliphatic heterocycles. The lowest BCUT2D eigenvalue weighted by atomic mass is 10.0. The molecule has 26 heavy (non-hydrogen) atoms. The molecule has 0 saturated heterocycles. The van der Waals surface area contributed by atoms with Gasteiger partial charge in [-0.1, -0.05) is 20.8 Å². The Hall–Kier alpha value is -2.16. The van der Waals surface area contributed by atoms with Crippen LogP contribution in [0.2, 0.25) is 0 Å². The molecule has 0 unspecified atom stereocenters. The summed E-state index contributed by atoms with van der Waals surface area (Å²) in [5.41, 5.74) is 0. The summed E-state index contributed by atoms with van der Waals surface area (Å²) in [7, 11) is 1.24. The first kappa shape index (κ1) is 21.9. The fourth-order valence-electron chi connectivity index (χ4n) is 2.24. The minimum atomic E-state index is -0.771. The molecule has 0 spiro atoms. The minimum Gasteiger partial charge on any atom is -0.453 e. The molecule has 9 heteroatoms. The van der Waals surface area contributed by atoms with E-state index < -0.39 is 12.1 Å². The Bertz CT molecular complexity index is 622. The maximum absolute atomic E-state index is 12.8. The highest BCUT2D eigenvalue weighted by Gasteiger charge is 2.29. The number of pyridine rings is 1. The van der Waals surface area contributed by atoms with E-state index in [-0.39, 0.29) is 24.3 Å². The second-order valence-electron chi connectivity index (χ2n) is 6.03. The second kappa shape index (κ2) is 10.7. The maximum Gasteiger partial charge on any atom is 0.407 e. The molecule has 1 aromatic heterocycles. The van der Waals surface area contributed by atoms with E-state index in [1.807, 2.05) is 20.8 Å². The van der Waals surface area contributed by atoms with Crippen molar-refractivity contribution in [2.75, 3.05) is 25.5 Å². The topological polar surface area (TPSA) is 101 Å². The molecule has 0 aromatic carbocycles. The summed E-state index contributed by atoms with van der Waals surface area (Å²) < 4.78 is 5.38. The van der Waals surface area contributed by atoms with Crippen molar-refractivity contribution in [3.8, 4) is 0 Å². The molecule has 1 aromatic rings. The fraction of sp³-hybridized carbons (Fsp3) is 0.529. The van der Waals surface area contributed by atoms with Gasteiger partial charge in [0.05, 0.1) is 13.7 Å². The van der Waals surface area contributed by atoms with Crippen molar-refractivity contribution in [2.24, 2.45) is 5.92 Å². The molecule has 1 heterocycles. The predicted molar refractivity (Wildman–Crippen MR) is 102 cm³/mol. The van der Waals surface area contributed by atoms with Crippen LogP contribution in [0.15, 0.2) is 22.8 Å². The third kappa shape index (κ3) is 6.99. The second-order valence-corrected chi connectivity index (χ2v) is 6.94. The van der Waals surface area contributed by atoms with Crippen molar-refractivity contribution in [1.29, 1.82) is 0 Å². The van der Waals surface area contributed by atoms with Crippen LogP contribution in [0, 0.1) is 5.92 Å². The zero-order chi connectivity index (χ0) is 19.7. The van der Waals surface area contributed by atoms with Gasteiger partial charge >= 0.3 is 6.09 Å². The van der Waals surface area contributed by atoms with Gasteiger partial charge in [-0.2, -0.15) is 0 Å². The monoisotopic (exact) mass is 428 g/mol. The Morgan fingerprint density at radius 3 is 2.50 bits per heavy atom. The zero-order valence-corrected chi connectivity index (χ0v) is 17.0. The molecule has 1 atom stereocenters. The number of methoxy groups -OCH3 is 1. The Labute approximate surface area is 161 Å². The van der Waals surface area contributed by atoms with Crippen molar-refractivity contribution in [3.05, 3.63) is 22.8 Å². The van der Waals surface area contributed by atoms with Crippen molar-refractivity contribution in [3.63, 3.8) is 0 Å². The van der Waals surface area contributed by atoms with Crippen molar-refractivity contribution < 1.29 is 19.1 Å². The lowest BCUT2D eigenvalue weighted by Crippen LogP contribution is -2.52. The molecular formula is C17H25BrN4O4. The third-order valence-electron chi connectivity index (χ3n) is 3.53. The number of aromatic nitrogens is 1. The molecule has 1 rings (SSSR count). The highest BCUT2D eigenvalue weighted by atomic mass is 79.9. The Morgan fingerprint density at radius 2 is 2.00 bits per heavy atom. The fourth-order valence-corrected chi connectivity index (χ4v) is 2.47. The number of rotatable bonds is 8. The van der Waals surface area contributed by atoms with Crippen LogP contribution in [0.5, 0.6) is 0 Å². The summed E-state index contributed by atoms with van der Waals surface area (Å²) in [6, 6.07) is 2.64. The molecule has 0 bridgehead atoms. The number of nitrogens with zero attached hydrogens (tertiary/aromatic N) is 2. The van der Waals surface area contributed by atoms with Crippen LogP contribution in [-0.2, 0) is 14.3 Å². The Morgan fingerprint density at radius 1 is 1.31 bits per heavy atom. The first-order valence-electron chi connectivity index (χ1n) is 8.33.